The van der Waals surface area contributed by atoms with Crippen LogP contribution in [0.25, 0.3) is 0 Å². The highest BCUT2D eigenvalue weighted by Gasteiger charge is 2.03. The first-order valence-corrected chi connectivity index (χ1v) is 6.34. The van der Waals surface area contributed by atoms with Gasteiger partial charge in [-0.3, -0.25) is 4.79 Å². The maximum Gasteiger partial charge on any atom is 0.224 e. The number of amides is 1. The Morgan fingerprint density at radius 2 is 1.95 bits per heavy atom. The van der Waals surface area contributed by atoms with Crippen LogP contribution in [0.15, 0.2) is 48.5 Å². The van der Waals surface area contributed by atoms with Crippen LogP contribution in [0.3, 0.4) is 0 Å². The number of rotatable bonds is 4. The molecule has 0 spiro atoms. The van der Waals surface area contributed by atoms with Gasteiger partial charge in [0, 0.05) is 17.8 Å². The van der Waals surface area contributed by atoms with Gasteiger partial charge in [-0.15, -0.1) is 0 Å². The van der Waals surface area contributed by atoms with E-state index in [1.54, 1.807) is 12.1 Å². The summed E-state index contributed by atoms with van der Waals surface area (Å²) >= 11 is 0. The zero-order valence-corrected chi connectivity index (χ0v) is 11.0. The monoisotopic (exact) mass is 254 g/mol. The lowest BCUT2D eigenvalue weighted by Crippen LogP contribution is -2.12. The van der Waals surface area contributed by atoms with Crippen LogP contribution in [0.4, 0.5) is 11.4 Å². The van der Waals surface area contributed by atoms with Gasteiger partial charge in [0.1, 0.15) is 0 Å². The van der Waals surface area contributed by atoms with Gasteiger partial charge in [-0.2, -0.15) is 0 Å². The van der Waals surface area contributed by atoms with Crippen molar-refractivity contribution in [2.24, 2.45) is 0 Å². The Balaban J connectivity index is 1.88. The SMILES string of the molecule is Cc1cccc(CCC(=O)Nc2cccc(N)c2)c1. The molecule has 3 nitrogen and oxygen atoms in total. The minimum absolute atomic E-state index is 0.00658. The maximum absolute atomic E-state index is 11.8. The number of nitrogen functional groups attached to an aromatic ring is 1. The lowest BCUT2D eigenvalue weighted by molar-refractivity contribution is -0.116. The van der Waals surface area contributed by atoms with Crippen LogP contribution in [0.5, 0.6) is 0 Å². The van der Waals surface area contributed by atoms with Gasteiger partial charge in [0.05, 0.1) is 0 Å². The summed E-state index contributed by atoms with van der Waals surface area (Å²) in [5.41, 5.74) is 9.46. The minimum Gasteiger partial charge on any atom is -0.399 e. The second-order valence-corrected chi connectivity index (χ2v) is 4.66. The van der Waals surface area contributed by atoms with Crippen molar-refractivity contribution in [1.82, 2.24) is 0 Å². The molecule has 0 aliphatic rings. The number of hydrogen-bond donors (Lipinski definition) is 2. The van der Waals surface area contributed by atoms with E-state index in [1.807, 2.05) is 24.3 Å². The van der Waals surface area contributed by atoms with Gasteiger partial charge in [-0.05, 0) is 37.1 Å². The minimum atomic E-state index is 0.00658. The molecule has 0 bridgehead atoms. The van der Waals surface area contributed by atoms with Crippen LogP contribution >= 0.6 is 0 Å². The smallest absolute Gasteiger partial charge is 0.224 e. The van der Waals surface area contributed by atoms with Crippen LogP contribution < -0.4 is 11.1 Å². The maximum atomic E-state index is 11.8. The quantitative estimate of drug-likeness (QED) is 0.823. The molecule has 2 aromatic carbocycles. The first kappa shape index (κ1) is 13.1. The van der Waals surface area contributed by atoms with E-state index in [4.69, 9.17) is 5.73 Å². The normalized spacial score (nSPS) is 10.2. The van der Waals surface area contributed by atoms with Crippen molar-refractivity contribution in [2.45, 2.75) is 19.8 Å². The average Bonchev–Trinajstić information content (AvgIpc) is 2.36. The van der Waals surface area contributed by atoms with E-state index in [0.29, 0.717) is 12.1 Å². The second kappa shape index (κ2) is 6.05. The summed E-state index contributed by atoms with van der Waals surface area (Å²) in [7, 11) is 0. The fraction of sp³-hybridized carbons (Fsp3) is 0.188. The average molecular weight is 254 g/mol. The predicted octanol–water partition coefficient (Wildman–Crippen LogP) is 3.15. The van der Waals surface area contributed by atoms with Gasteiger partial charge in [0.25, 0.3) is 0 Å². The summed E-state index contributed by atoms with van der Waals surface area (Å²) in [6.07, 6.45) is 1.22. The van der Waals surface area contributed by atoms with Crippen LogP contribution in [0.1, 0.15) is 17.5 Å². The third-order valence-corrected chi connectivity index (χ3v) is 2.89. The number of nitrogens with one attached hydrogen (secondary N) is 1. The van der Waals surface area contributed by atoms with E-state index in [-0.39, 0.29) is 5.91 Å². The molecule has 3 N–H and O–H groups in total. The van der Waals surface area contributed by atoms with Crippen LogP contribution in [0.2, 0.25) is 0 Å². The van der Waals surface area contributed by atoms with Crippen molar-refractivity contribution in [1.29, 1.82) is 0 Å². The van der Waals surface area contributed by atoms with Gasteiger partial charge in [0.2, 0.25) is 5.91 Å². The summed E-state index contributed by atoms with van der Waals surface area (Å²) in [6, 6.07) is 15.4. The Hall–Kier alpha value is -2.29. The zero-order valence-electron chi connectivity index (χ0n) is 11.0. The molecule has 0 saturated heterocycles. The molecule has 3 heteroatoms. The highest BCUT2D eigenvalue weighted by atomic mass is 16.1. The summed E-state index contributed by atoms with van der Waals surface area (Å²) in [6.45, 7) is 2.05. The number of carbonyl (C=O) groups is 1. The Labute approximate surface area is 113 Å². The van der Waals surface area contributed by atoms with Crippen molar-refractivity contribution < 1.29 is 4.79 Å². The molecule has 98 valence electrons. The fourth-order valence-corrected chi connectivity index (χ4v) is 1.97. The number of aryl methyl sites for hydroxylation is 2. The number of benzene rings is 2. The largest absolute Gasteiger partial charge is 0.399 e. The summed E-state index contributed by atoms with van der Waals surface area (Å²) in [4.78, 5) is 11.8. The lowest BCUT2D eigenvalue weighted by Gasteiger charge is -2.06. The topological polar surface area (TPSA) is 55.1 Å². The van der Waals surface area contributed by atoms with Crippen LogP contribution in [0, 0.1) is 6.92 Å². The van der Waals surface area contributed by atoms with E-state index in [0.717, 1.165) is 12.1 Å². The number of hydrogen-bond acceptors (Lipinski definition) is 2. The standard InChI is InChI=1S/C16H18N2O/c1-12-4-2-5-13(10-12)8-9-16(19)18-15-7-3-6-14(17)11-15/h2-7,10-11H,8-9,17H2,1H3,(H,18,19). The molecule has 1 amide bonds. The van der Waals surface area contributed by atoms with E-state index in [9.17, 15) is 4.79 Å². The molecule has 0 atom stereocenters. The molecule has 0 aliphatic heterocycles. The zero-order chi connectivity index (χ0) is 13.7. The van der Waals surface area contributed by atoms with Gasteiger partial charge in [0.15, 0.2) is 0 Å². The molecule has 2 rings (SSSR count). The third-order valence-electron chi connectivity index (χ3n) is 2.89. The van der Waals surface area contributed by atoms with E-state index >= 15 is 0 Å². The first-order valence-electron chi connectivity index (χ1n) is 6.34. The molecule has 0 aromatic heterocycles. The molecule has 2 aromatic rings. The first-order chi connectivity index (χ1) is 9.13. The molecule has 0 saturated carbocycles. The number of carbonyl (C=O) groups excluding carboxylic acids is 1. The Morgan fingerprint density at radius 3 is 2.68 bits per heavy atom. The molecule has 0 heterocycles. The van der Waals surface area contributed by atoms with E-state index in [2.05, 4.69) is 24.4 Å². The third kappa shape index (κ3) is 4.14. The molecule has 0 fully saturated rings. The van der Waals surface area contributed by atoms with Gasteiger partial charge in [-0.1, -0.05) is 35.9 Å². The Kier molecular flexibility index (Phi) is 4.18. The Morgan fingerprint density at radius 1 is 1.16 bits per heavy atom. The highest BCUT2D eigenvalue weighted by Crippen LogP contribution is 2.13. The summed E-state index contributed by atoms with van der Waals surface area (Å²) in [5, 5.41) is 2.85. The molecule has 0 radical (unpaired) electrons. The van der Waals surface area contributed by atoms with Crippen molar-refractivity contribution >= 4 is 17.3 Å². The molecule has 0 unspecified atom stereocenters. The van der Waals surface area contributed by atoms with Gasteiger partial charge >= 0.3 is 0 Å². The molecular weight excluding hydrogens is 236 g/mol. The van der Waals surface area contributed by atoms with Crippen molar-refractivity contribution in [3.05, 3.63) is 59.7 Å². The van der Waals surface area contributed by atoms with Crippen molar-refractivity contribution in [3.63, 3.8) is 0 Å². The van der Waals surface area contributed by atoms with E-state index in [1.165, 1.54) is 11.1 Å². The summed E-state index contributed by atoms with van der Waals surface area (Å²) < 4.78 is 0. The second-order valence-electron chi connectivity index (χ2n) is 4.66. The highest BCUT2D eigenvalue weighted by molar-refractivity contribution is 5.91. The van der Waals surface area contributed by atoms with Crippen LogP contribution in [-0.2, 0) is 11.2 Å². The number of nitrogens with two attached hydrogens (primary N) is 1. The van der Waals surface area contributed by atoms with Crippen molar-refractivity contribution in [2.75, 3.05) is 11.1 Å². The predicted molar refractivity (Wildman–Crippen MR) is 79.0 cm³/mol. The molecule has 0 aliphatic carbocycles. The molecular formula is C16H18N2O. The van der Waals surface area contributed by atoms with Gasteiger partial charge < -0.3 is 11.1 Å². The Bertz CT molecular complexity index is 578. The fourth-order valence-electron chi connectivity index (χ4n) is 1.97. The molecule has 19 heavy (non-hydrogen) atoms. The van der Waals surface area contributed by atoms with Crippen LogP contribution in [-0.4, -0.2) is 5.91 Å². The number of anilines is 2. The summed E-state index contributed by atoms with van der Waals surface area (Å²) in [5.74, 6) is 0.00658. The van der Waals surface area contributed by atoms with E-state index < -0.39 is 0 Å². The van der Waals surface area contributed by atoms with Crippen molar-refractivity contribution in [3.8, 4) is 0 Å². The lowest BCUT2D eigenvalue weighted by atomic mass is 10.1. The van der Waals surface area contributed by atoms with Gasteiger partial charge in [-0.25, -0.2) is 0 Å².